The Morgan fingerprint density at radius 3 is 3.05 bits per heavy atom. The van der Waals surface area contributed by atoms with Gasteiger partial charge < -0.3 is 10.0 Å². The first-order valence-electron chi connectivity index (χ1n) is 6.62. The van der Waals surface area contributed by atoms with Crippen LogP contribution in [0.1, 0.15) is 29.6 Å². The van der Waals surface area contributed by atoms with Crippen LogP contribution in [0.5, 0.6) is 0 Å². The van der Waals surface area contributed by atoms with Crippen LogP contribution in [0.25, 0.3) is 5.52 Å². The lowest BCUT2D eigenvalue weighted by molar-refractivity contribution is -0.137. The van der Waals surface area contributed by atoms with Gasteiger partial charge >= 0.3 is 5.97 Å². The molecule has 1 atom stereocenters. The summed E-state index contributed by atoms with van der Waals surface area (Å²) in [6.45, 7) is 0.612. The van der Waals surface area contributed by atoms with Crippen LogP contribution < -0.4 is 0 Å². The summed E-state index contributed by atoms with van der Waals surface area (Å²) in [4.78, 5) is 25.1. The third kappa shape index (κ3) is 2.13. The van der Waals surface area contributed by atoms with E-state index >= 15 is 0 Å². The third-order valence-electron chi connectivity index (χ3n) is 3.71. The first-order valence-corrected chi connectivity index (χ1v) is 6.62. The van der Waals surface area contributed by atoms with Gasteiger partial charge in [-0.25, -0.2) is 4.52 Å². The molecule has 0 radical (unpaired) electrons. The Labute approximate surface area is 115 Å². The normalized spacial score (nSPS) is 18.6. The number of hydrogen-bond acceptors (Lipinski definition) is 3. The van der Waals surface area contributed by atoms with E-state index < -0.39 is 5.97 Å². The molecule has 20 heavy (non-hydrogen) atoms. The number of carbonyl (C=O) groups excluding carboxylic acids is 1. The number of carboxylic acid groups (broad SMARTS) is 1. The Kier molecular flexibility index (Phi) is 3.14. The maximum Gasteiger partial charge on any atom is 0.305 e. The molecule has 1 fully saturated rings. The average molecular weight is 273 g/mol. The fraction of sp³-hybridized carbons (Fsp3) is 0.357. The highest BCUT2D eigenvalue weighted by atomic mass is 16.4. The van der Waals surface area contributed by atoms with Gasteiger partial charge in [-0.05, 0) is 25.0 Å². The van der Waals surface area contributed by atoms with Gasteiger partial charge in [0.2, 0.25) is 0 Å². The van der Waals surface area contributed by atoms with Crippen LogP contribution in [-0.2, 0) is 4.79 Å². The second-order valence-corrected chi connectivity index (χ2v) is 4.98. The van der Waals surface area contributed by atoms with Gasteiger partial charge in [0.05, 0.1) is 23.7 Å². The van der Waals surface area contributed by atoms with Crippen molar-refractivity contribution in [3.63, 3.8) is 0 Å². The van der Waals surface area contributed by atoms with Crippen molar-refractivity contribution in [1.82, 2.24) is 14.5 Å². The molecule has 2 aromatic heterocycles. The minimum Gasteiger partial charge on any atom is -0.481 e. The van der Waals surface area contributed by atoms with Gasteiger partial charge in [-0.3, -0.25) is 9.59 Å². The van der Waals surface area contributed by atoms with Crippen molar-refractivity contribution >= 4 is 17.4 Å². The van der Waals surface area contributed by atoms with Crippen LogP contribution in [0, 0.1) is 0 Å². The zero-order chi connectivity index (χ0) is 14.1. The standard InChI is InChI=1S/C14H15N3O3/c18-13(19)8-10-4-3-6-16(10)14(20)11-9-15-17-7-2-1-5-12(11)17/h1-2,5,7,9-10H,3-4,6,8H2,(H,18,19)/t10-/m1/s1. The molecule has 1 aliphatic heterocycles. The lowest BCUT2D eigenvalue weighted by atomic mass is 10.1. The minimum atomic E-state index is -0.866. The summed E-state index contributed by atoms with van der Waals surface area (Å²) in [6, 6.07) is 5.32. The number of pyridine rings is 1. The molecule has 0 bridgehead atoms. The van der Waals surface area contributed by atoms with E-state index in [9.17, 15) is 9.59 Å². The lowest BCUT2D eigenvalue weighted by Gasteiger charge is -2.23. The molecule has 1 N–H and O–H groups in total. The van der Waals surface area contributed by atoms with E-state index in [1.807, 2.05) is 18.2 Å². The molecule has 0 aromatic carbocycles. The first kappa shape index (κ1) is 12.7. The SMILES string of the molecule is O=C(O)C[C@H]1CCCN1C(=O)c1cnn2ccccc12. The molecule has 0 unspecified atom stereocenters. The van der Waals surface area contributed by atoms with Crippen LogP contribution in [0.4, 0.5) is 0 Å². The smallest absolute Gasteiger partial charge is 0.305 e. The van der Waals surface area contributed by atoms with E-state index in [4.69, 9.17) is 5.11 Å². The number of amides is 1. The van der Waals surface area contributed by atoms with Gasteiger partial charge in [-0.15, -0.1) is 0 Å². The van der Waals surface area contributed by atoms with E-state index in [1.165, 1.54) is 0 Å². The molecular formula is C14H15N3O3. The lowest BCUT2D eigenvalue weighted by Crippen LogP contribution is -2.36. The second kappa shape index (κ2) is 4.96. The Balaban J connectivity index is 1.90. The van der Waals surface area contributed by atoms with Gasteiger partial charge in [-0.1, -0.05) is 6.07 Å². The third-order valence-corrected chi connectivity index (χ3v) is 3.71. The summed E-state index contributed by atoms with van der Waals surface area (Å²) in [5.74, 6) is -0.996. The highest BCUT2D eigenvalue weighted by molar-refractivity contribution is 6.01. The molecule has 0 saturated carbocycles. The van der Waals surface area contributed by atoms with E-state index in [2.05, 4.69) is 5.10 Å². The summed E-state index contributed by atoms with van der Waals surface area (Å²) in [7, 11) is 0. The van der Waals surface area contributed by atoms with Crippen LogP contribution in [-0.4, -0.2) is 44.1 Å². The Morgan fingerprint density at radius 1 is 1.40 bits per heavy atom. The largest absolute Gasteiger partial charge is 0.481 e. The summed E-state index contributed by atoms with van der Waals surface area (Å²) >= 11 is 0. The van der Waals surface area contributed by atoms with Crippen molar-refractivity contribution < 1.29 is 14.7 Å². The Morgan fingerprint density at radius 2 is 2.25 bits per heavy atom. The fourth-order valence-electron chi connectivity index (χ4n) is 2.77. The van der Waals surface area contributed by atoms with Crippen molar-refractivity contribution in [2.45, 2.75) is 25.3 Å². The van der Waals surface area contributed by atoms with Gasteiger partial charge in [0, 0.05) is 18.8 Å². The van der Waals surface area contributed by atoms with E-state index in [1.54, 1.807) is 21.8 Å². The van der Waals surface area contributed by atoms with E-state index in [-0.39, 0.29) is 18.4 Å². The van der Waals surface area contributed by atoms with Crippen molar-refractivity contribution in [1.29, 1.82) is 0 Å². The predicted octanol–water partition coefficient (Wildman–Crippen LogP) is 1.41. The van der Waals surface area contributed by atoms with E-state index in [0.29, 0.717) is 12.1 Å². The van der Waals surface area contributed by atoms with Crippen molar-refractivity contribution in [2.24, 2.45) is 0 Å². The summed E-state index contributed by atoms with van der Waals surface area (Å²) < 4.78 is 1.65. The molecule has 2 aromatic rings. The number of rotatable bonds is 3. The number of hydrogen-bond donors (Lipinski definition) is 1. The Hall–Kier alpha value is -2.37. The number of fused-ring (bicyclic) bond motifs is 1. The summed E-state index contributed by atoms with van der Waals surface area (Å²) in [5, 5.41) is 13.1. The minimum absolute atomic E-state index is 0.00491. The second-order valence-electron chi connectivity index (χ2n) is 4.98. The predicted molar refractivity (Wildman–Crippen MR) is 71.5 cm³/mol. The number of likely N-dealkylation sites (tertiary alicyclic amines) is 1. The molecule has 0 spiro atoms. The average Bonchev–Trinajstić information content (AvgIpc) is 3.03. The van der Waals surface area contributed by atoms with Gasteiger partial charge in [0.1, 0.15) is 0 Å². The van der Waals surface area contributed by atoms with Crippen LogP contribution >= 0.6 is 0 Å². The van der Waals surface area contributed by atoms with Gasteiger partial charge in [-0.2, -0.15) is 5.10 Å². The zero-order valence-electron chi connectivity index (χ0n) is 10.9. The quantitative estimate of drug-likeness (QED) is 0.917. The molecule has 3 rings (SSSR count). The summed E-state index contributed by atoms with van der Waals surface area (Å²) in [5.41, 5.74) is 1.28. The highest BCUT2D eigenvalue weighted by Crippen LogP contribution is 2.24. The molecule has 104 valence electrons. The number of carbonyl (C=O) groups is 2. The molecule has 0 aliphatic carbocycles. The first-order chi connectivity index (χ1) is 9.66. The van der Waals surface area contributed by atoms with Crippen molar-refractivity contribution in [2.75, 3.05) is 6.54 Å². The molecule has 1 amide bonds. The zero-order valence-corrected chi connectivity index (χ0v) is 10.9. The molecule has 3 heterocycles. The summed E-state index contributed by atoms with van der Waals surface area (Å²) in [6.07, 6.45) is 4.93. The van der Waals surface area contributed by atoms with Crippen molar-refractivity contribution in [3.05, 3.63) is 36.2 Å². The maximum atomic E-state index is 12.6. The molecule has 1 saturated heterocycles. The van der Waals surface area contributed by atoms with Crippen LogP contribution in [0.15, 0.2) is 30.6 Å². The molecule has 1 aliphatic rings. The maximum absolute atomic E-state index is 12.6. The van der Waals surface area contributed by atoms with Crippen LogP contribution in [0.2, 0.25) is 0 Å². The van der Waals surface area contributed by atoms with Gasteiger partial charge in [0.15, 0.2) is 0 Å². The van der Waals surface area contributed by atoms with Crippen molar-refractivity contribution in [3.8, 4) is 0 Å². The number of nitrogens with zero attached hydrogens (tertiary/aromatic N) is 3. The fourth-order valence-corrected chi connectivity index (χ4v) is 2.77. The number of aromatic nitrogens is 2. The molecule has 6 nitrogen and oxygen atoms in total. The van der Waals surface area contributed by atoms with Gasteiger partial charge in [0.25, 0.3) is 5.91 Å². The van der Waals surface area contributed by atoms with Crippen LogP contribution in [0.3, 0.4) is 0 Å². The number of carboxylic acids is 1. The number of aliphatic carboxylic acids is 1. The topological polar surface area (TPSA) is 74.9 Å². The molecule has 6 heteroatoms. The Bertz CT molecular complexity index is 664. The highest BCUT2D eigenvalue weighted by Gasteiger charge is 2.32. The van der Waals surface area contributed by atoms with E-state index in [0.717, 1.165) is 18.4 Å². The monoisotopic (exact) mass is 273 g/mol. The molecular weight excluding hydrogens is 258 g/mol.